The molecule has 3 aromatic carbocycles. The monoisotopic (exact) mass is 504 g/mol. The molecule has 1 unspecified atom stereocenters. The van der Waals surface area contributed by atoms with Crippen molar-refractivity contribution in [1.29, 1.82) is 0 Å². The molecule has 9 heteroatoms. The molecule has 0 radical (unpaired) electrons. The summed E-state index contributed by atoms with van der Waals surface area (Å²) in [5.41, 5.74) is 0.243. The van der Waals surface area contributed by atoms with Crippen molar-refractivity contribution in [3.63, 3.8) is 0 Å². The number of nitrogens with zero attached hydrogens (tertiary/aromatic N) is 2. The molecule has 0 spiro atoms. The summed E-state index contributed by atoms with van der Waals surface area (Å²) in [4.78, 5) is 32.6. The standard InChI is InChI=1S/C26H14F2N2O3S2/c27-14-11-17(28)21-19(12-14)35-26(29-21)30-22(18-9-4-10-34-18)20(24(32)25(30)33)23(31)16-8-3-6-13-5-1-2-7-15(13)16/h1-12,22,31H/b23-20+. The first-order chi connectivity index (χ1) is 16.9. The summed E-state index contributed by atoms with van der Waals surface area (Å²) >= 11 is 2.21. The summed E-state index contributed by atoms with van der Waals surface area (Å²) in [5, 5.41) is 14.8. The van der Waals surface area contributed by atoms with Crippen LogP contribution in [0.1, 0.15) is 16.5 Å². The molecule has 1 atom stereocenters. The first-order valence-electron chi connectivity index (χ1n) is 10.5. The van der Waals surface area contributed by atoms with Crippen LogP contribution < -0.4 is 4.90 Å². The highest BCUT2D eigenvalue weighted by Gasteiger charge is 2.48. The van der Waals surface area contributed by atoms with E-state index in [-0.39, 0.29) is 26.7 Å². The van der Waals surface area contributed by atoms with Crippen LogP contribution in [0.5, 0.6) is 0 Å². The summed E-state index contributed by atoms with van der Waals surface area (Å²) in [5.74, 6) is -3.70. The zero-order valence-electron chi connectivity index (χ0n) is 17.7. The summed E-state index contributed by atoms with van der Waals surface area (Å²) in [6.07, 6.45) is 0. The Morgan fingerprint density at radius 3 is 2.60 bits per heavy atom. The smallest absolute Gasteiger partial charge is 0.301 e. The third kappa shape index (κ3) is 3.35. The number of anilines is 1. The number of aliphatic hydroxyl groups is 1. The van der Waals surface area contributed by atoms with Gasteiger partial charge in [0.15, 0.2) is 10.9 Å². The Kier molecular flexibility index (Phi) is 4.98. The Labute approximate surface area is 205 Å². The molecule has 1 N–H and O–H groups in total. The molecule has 0 aliphatic carbocycles. The lowest BCUT2D eigenvalue weighted by Gasteiger charge is -2.21. The summed E-state index contributed by atoms with van der Waals surface area (Å²) in [6.45, 7) is 0. The van der Waals surface area contributed by atoms with E-state index in [1.807, 2.05) is 30.3 Å². The van der Waals surface area contributed by atoms with E-state index < -0.39 is 29.4 Å². The van der Waals surface area contributed by atoms with Crippen LogP contribution in [0.2, 0.25) is 0 Å². The molecule has 1 fully saturated rings. The van der Waals surface area contributed by atoms with Crippen LogP contribution in [0.15, 0.2) is 77.7 Å². The molecule has 1 aliphatic heterocycles. The van der Waals surface area contributed by atoms with Crippen molar-refractivity contribution in [2.45, 2.75) is 6.04 Å². The van der Waals surface area contributed by atoms with Crippen LogP contribution in [0.4, 0.5) is 13.9 Å². The van der Waals surface area contributed by atoms with Gasteiger partial charge >= 0.3 is 5.91 Å². The summed E-state index contributed by atoms with van der Waals surface area (Å²) in [7, 11) is 0. The van der Waals surface area contributed by atoms with Gasteiger partial charge < -0.3 is 5.11 Å². The molecule has 6 rings (SSSR count). The topological polar surface area (TPSA) is 70.5 Å². The number of aromatic nitrogens is 1. The maximum absolute atomic E-state index is 14.4. The Bertz CT molecular complexity index is 1690. The number of hydrogen-bond donors (Lipinski definition) is 1. The predicted octanol–water partition coefficient (Wildman–Crippen LogP) is 6.42. The minimum Gasteiger partial charge on any atom is -0.507 e. The number of aliphatic hydroxyl groups excluding tert-OH is 1. The Balaban J connectivity index is 1.59. The fourth-order valence-electron chi connectivity index (χ4n) is 4.37. The van der Waals surface area contributed by atoms with Crippen molar-refractivity contribution in [3.8, 4) is 0 Å². The van der Waals surface area contributed by atoms with Crippen LogP contribution in [-0.2, 0) is 9.59 Å². The van der Waals surface area contributed by atoms with E-state index in [2.05, 4.69) is 4.98 Å². The van der Waals surface area contributed by atoms with Crippen LogP contribution in [0.3, 0.4) is 0 Å². The second-order valence-corrected chi connectivity index (χ2v) is 9.93. The Morgan fingerprint density at radius 1 is 1.00 bits per heavy atom. The van der Waals surface area contributed by atoms with Crippen molar-refractivity contribution in [3.05, 3.63) is 99.8 Å². The van der Waals surface area contributed by atoms with Gasteiger partial charge in [0.05, 0.1) is 10.3 Å². The molecule has 3 heterocycles. The van der Waals surface area contributed by atoms with Crippen molar-refractivity contribution < 1.29 is 23.5 Å². The van der Waals surface area contributed by atoms with Gasteiger partial charge in [-0.3, -0.25) is 14.5 Å². The van der Waals surface area contributed by atoms with Gasteiger partial charge in [-0.05, 0) is 28.3 Å². The normalized spacial score (nSPS) is 17.7. The fourth-order valence-corrected chi connectivity index (χ4v) is 6.23. The molecule has 5 aromatic rings. The first kappa shape index (κ1) is 21.6. The summed E-state index contributed by atoms with van der Waals surface area (Å²) in [6, 6.07) is 17.1. The molecule has 35 heavy (non-hydrogen) atoms. The summed E-state index contributed by atoms with van der Waals surface area (Å²) < 4.78 is 28.3. The number of fused-ring (bicyclic) bond motifs is 2. The lowest BCUT2D eigenvalue weighted by Crippen LogP contribution is -2.28. The minimum atomic E-state index is -0.970. The van der Waals surface area contributed by atoms with Crippen molar-refractivity contribution >= 4 is 66.2 Å². The second-order valence-electron chi connectivity index (χ2n) is 7.94. The van der Waals surface area contributed by atoms with Crippen LogP contribution >= 0.6 is 22.7 Å². The van der Waals surface area contributed by atoms with E-state index in [1.165, 1.54) is 11.3 Å². The maximum atomic E-state index is 14.4. The zero-order valence-corrected chi connectivity index (χ0v) is 19.4. The van der Waals surface area contributed by atoms with Gasteiger partial charge in [0.1, 0.15) is 23.1 Å². The number of rotatable bonds is 3. The van der Waals surface area contributed by atoms with Gasteiger partial charge in [-0.1, -0.05) is 59.9 Å². The fraction of sp³-hybridized carbons (Fsp3) is 0.0385. The Hall–Kier alpha value is -3.95. The molecule has 2 aromatic heterocycles. The Morgan fingerprint density at radius 2 is 1.80 bits per heavy atom. The number of ketones is 1. The van der Waals surface area contributed by atoms with Gasteiger partial charge in [0.25, 0.3) is 5.78 Å². The third-order valence-corrected chi connectivity index (χ3v) is 7.84. The molecule has 0 saturated carbocycles. The highest BCUT2D eigenvalue weighted by atomic mass is 32.1. The maximum Gasteiger partial charge on any atom is 0.301 e. The zero-order chi connectivity index (χ0) is 24.3. The van der Waals surface area contributed by atoms with Gasteiger partial charge in [0, 0.05) is 16.5 Å². The quantitative estimate of drug-likeness (QED) is 0.175. The minimum absolute atomic E-state index is 0.0435. The number of carbonyl (C=O) groups is 2. The molecular formula is C26H14F2N2O3S2. The van der Waals surface area contributed by atoms with E-state index in [0.717, 1.165) is 39.1 Å². The van der Waals surface area contributed by atoms with E-state index in [4.69, 9.17) is 0 Å². The van der Waals surface area contributed by atoms with E-state index in [0.29, 0.717) is 10.4 Å². The molecule has 1 aliphatic rings. The predicted molar refractivity (Wildman–Crippen MR) is 133 cm³/mol. The van der Waals surface area contributed by atoms with Gasteiger partial charge in [-0.15, -0.1) is 11.3 Å². The number of Topliss-reactive ketones (excluding diaryl/α,β-unsaturated/α-hetero) is 1. The average Bonchev–Trinajstić information content (AvgIpc) is 3.57. The lowest BCUT2D eigenvalue weighted by atomic mass is 9.96. The first-order valence-corrected chi connectivity index (χ1v) is 12.2. The molecule has 5 nitrogen and oxygen atoms in total. The number of halogens is 2. The average molecular weight is 505 g/mol. The van der Waals surface area contributed by atoms with Gasteiger partial charge in [0.2, 0.25) is 0 Å². The number of benzene rings is 3. The number of thiophene rings is 1. The van der Waals surface area contributed by atoms with E-state index >= 15 is 0 Å². The van der Waals surface area contributed by atoms with Crippen molar-refractivity contribution in [2.24, 2.45) is 0 Å². The lowest BCUT2D eigenvalue weighted by molar-refractivity contribution is -0.132. The van der Waals surface area contributed by atoms with Crippen LogP contribution in [0, 0.1) is 11.6 Å². The second kappa shape index (κ2) is 8.07. The highest BCUT2D eigenvalue weighted by Crippen LogP contribution is 2.46. The molecule has 1 amide bonds. The number of amides is 1. The molecule has 0 bridgehead atoms. The third-order valence-electron chi connectivity index (χ3n) is 5.91. The molecular weight excluding hydrogens is 490 g/mol. The highest BCUT2D eigenvalue weighted by molar-refractivity contribution is 7.22. The van der Waals surface area contributed by atoms with Gasteiger partial charge in [-0.25, -0.2) is 13.8 Å². The molecule has 172 valence electrons. The van der Waals surface area contributed by atoms with Crippen LogP contribution in [0.25, 0.3) is 26.7 Å². The van der Waals surface area contributed by atoms with E-state index in [1.54, 1.807) is 29.6 Å². The van der Waals surface area contributed by atoms with Crippen molar-refractivity contribution in [1.82, 2.24) is 4.98 Å². The van der Waals surface area contributed by atoms with Crippen molar-refractivity contribution in [2.75, 3.05) is 4.90 Å². The largest absolute Gasteiger partial charge is 0.507 e. The number of thiazole rings is 1. The van der Waals surface area contributed by atoms with Gasteiger partial charge in [-0.2, -0.15) is 0 Å². The van der Waals surface area contributed by atoms with E-state index in [9.17, 15) is 23.5 Å². The van der Waals surface area contributed by atoms with Crippen LogP contribution in [-0.4, -0.2) is 21.8 Å². The SMILES string of the molecule is O=C1C(=O)N(c2nc3c(F)cc(F)cc3s2)C(c2cccs2)/C1=C(\O)c1cccc2ccccc12. The number of hydrogen-bond acceptors (Lipinski definition) is 6. The molecule has 1 saturated heterocycles. The number of carbonyl (C=O) groups excluding carboxylic acids is 2.